The highest BCUT2D eigenvalue weighted by Gasteiger charge is 1.91. The lowest BCUT2D eigenvalue weighted by Gasteiger charge is -1.92. The molecule has 2 aromatic rings. The summed E-state index contributed by atoms with van der Waals surface area (Å²) < 4.78 is 1.43. The molecule has 0 unspecified atom stereocenters. The van der Waals surface area contributed by atoms with E-state index < -0.39 is 5.69 Å². The van der Waals surface area contributed by atoms with Crippen molar-refractivity contribution < 1.29 is 0 Å². The molecule has 0 aliphatic heterocycles. The largest absolute Gasteiger partial charge is 0.370 e. The van der Waals surface area contributed by atoms with E-state index in [4.69, 9.17) is 0 Å². The number of nitrogens with zero attached hydrogens (tertiary/aromatic N) is 4. The minimum atomic E-state index is -0.488. The van der Waals surface area contributed by atoms with Crippen LogP contribution in [0.5, 0.6) is 0 Å². The molecule has 0 amide bonds. The third kappa shape index (κ3) is 0.958. The molecule has 0 radical (unpaired) electrons. The fraction of sp³-hybridized carbons (Fsp3) is 0. The Morgan fingerprint density at radius 1 is 1.45 bits per heavy atom. The summed E-state index contributed by atoms with van der Waals surface area (Å²) >= 11 is 0. The van der Waals surface area contributed by atoms with Crippen LogP contribution in [0.25, 0.3) is 5.65 Å². The summed E-state index contributed by atoms with van der Waals surface area (Å²) in [4.78, 5) is 17.7. The second kappa shape index (κ2) is 2.12. The Kier molecular flexibility index (Phi) is 1.15. The lowest BCUT2D eigenvalue weighted by atomic mass is 10.5. The average molecular weight is 148 g/mol. The molecular formula is C6H4N4O. The SMILES string of the molecule is O=c1ncn2ncccc2n1. The molecule has 0 atom stereocenters. The van der Waals surface area contributed by atoms with E-state index in [2.05, 4.69) is 15.1 Å². The van der Waals surface area contributed by atoms with Gasteiger partial charge in [-0.25, -0.2) is 9.31 Å². The summed E-state index contributed by atoms with van der Waals surface area (Å²) in [6, 6.07) is 3.40. The van der Waals surface area contributed by atoms with Gasteiger partial charge in [0.1, 0.15) is 6.33 Å². The molecule has 0 aliphatic rings. The smallest absolute Gasteiger partial charge is 0.244 e. The Morgan fingerprint density at radius 2 is 2.36 bits per heavy atom. The van der Waals surface area contributed by atoms with Gasteiger partial charge in [-0.1, -0.05) is 0 Å². The molecule has 5 nitrogen and oxygen atoms in total. The summed E-state index contributed by atoms with van der Waals surface area (Å²) in [5.41, 5.74) is 0.0190. The highest BCUT2D eigenvalue weighted by molar-refractivity contribution is 5.32. The van der Waals surface area contributed by atoms with Crippen LogP contribution < -0.4 is 5.69 Å². The van der Waals surface area contributed by atoms with Gasteiger partial charge in [0, 0.05) is 6.20 Å². The Balaban J connectivity index is 2.94. The maximum atomic E-state index is 10.6. The van der Waals surface area contributed by atoms with Crippen molar-refractivity contribution in [3.8, 4) is 0 Å². The molecular weight excluding hydrogens is 144 g/mol. The van der Waals surface area contributed by atoms with Gasteiger partial charge in [0.05, 0.1) is 0 Å². The minimum Gasteiger partial charge on any atom is -0.244 e. The van der Waals surface area contributed by atoms with Crippen LogP contribution >= 0.6 is 0 Å². The van der Waals surface area contributed by atoms with Gasteiger partial charge in [-0.05, 0) is 12.1 Å². The topological polar surface area (TPSA) is 60.2 Å². The molecule has 0 saturated heterocycles. The fourth-order valence-corrected chi connectivity index (χ4v) is 0.783. The average Bonchev–Trinajstić information content (AvgIpc) is 2.04. The monoisotopic (exact) mass is 148 g/mol. The summed E-state index contributed by atoms with van der Waals surface area (Å²) in [6.45, 7) is 0. The van der Waals surface area contributed by atoms with E-state index in [9.17, 15) is 4.79 Å². The molecule has 0 aliphatic carbocycles. The molecule has 2 aromatic heterocycles. The van der Waals surface area contributed by atoms with Crippen LogP contribution in [0.3, 0.4) is 0 Å². The molecule has 11 heavy (non-hydrogen) atoms. The maximum Gasteiger partial charge on any atom is 0.370 e. The summed E-state index contributed by atoms with van der Waals surface area (Å²) in [5.74, 6) is 0. The molecule has 0 spiro atoms. The van der Waals surface area contributed by atoms with E-state index in [1.807, 2.05) is 0 Å². The normalized spacial score (nSPS) is 10.2. The van der Waals surface area contributed by atoms with Crippen LogP contribution in [-0.4, -0.2) is 19.6 Å². The molecule has 2 heterocycles. The Hall–Kier alpha value is -1.78. The van der Waals surface area contributed by atoms with Gasteiger partial charge in [0.2, 0.25) is 0 Å². The summed E-state index contributed by atoms with van der Waals surface area (Å²) in [7, 11) is 0. The van der Waals surface area contributed by atoms with Gasteiger partial charge in [0.15, 0.2) is 5.65 Å². The van der Waals surface area contributed by atoms with Gasteiger partial charge in [-0.3, -0.25) is 0 Å². The molecule has 0 N–H and O–H groups in total. The fourth-order valence-electron chi connectivity index (χ4n) is 0.783. The van der Waals surface area contributed by atoms with Crippen molar-refractivity contribution in [3.63, 3.8) is 0 Å². The lowest BCUT2D eigenvalue weighted by molar-refractivity contribution is 0.842. The van der Waals surface area contributed by atoms with Gasteiger partial charge < -0.3 is 0 Å². The second-order valence-corrected chi connectivity index (χ2v) is 1.97. The van der Waals surface area contributed by atoms with E-state index in [0.29, 0.717) is 5.65 Å². The number of hydrogen-bond donors (Lipinski definition) is 0. The van der Waals surface area contributed by atoms with E-state index in [0.717, 1.165) is 0 Å². The van der Waals surface area contributed by atoms with E-state index >= 15 is 0 Å². The first-order valence-electron chi connectivity index (χ1n) is 3.03. The van der Waals surface area contributed by atoms with Crippen LogP contribution in [0.4, 0.5) is 0 Å². The van der Waals surface area contributed by atoms with E-state index in [1.165, 1.54) is 10.8 Å². The maximum absolute atomic E-state index is 10.6. The molecule has 0 aromatic carbocycles. The molecule has 0 fully saturated rings. The molecule has 2 rings (SSSR count). The number of aromatic nitrogens is 4. The first-order valence-corrected chi connectivity index (χ1v) is 3.03. The molecule has 5 heteroatoms. The van der Waals surface area contributed by atoms with Crippen molar-refractivity contribution in [2.24, 2.45) is 0 Å². The third-order valence-electron chi connectivity index (χ3n) is 1.24. The third-order valence-corrected chi connectivity index (χ3v) is 1.24. The Bertz CT molecular complexity index is 436. The van der Waals surface area contributed by atoms with Crippen LogP contribution in [0.2, 0.25) is 0 Å². The van der Waals surface area contributed by atoms with Crippen LogP contribution in [-0.2, 0) is 0 Å². The molecule has 0 saturated carbocycles. The quantitative estimate of drug-likeness (QED) is 0.504. The van der Waals surface area contributed by atoms with Crippen LogP contribution in [0, 0.1) is 0 Å². The highest BCUT2D eigenvalue weighted by atomic mass is 16.1. The zero-order valence-electron chi connectivity index (χ0n) is 5.51. The van der Waals surface area contributed by atoms with Crippen molar-refractivity contribution in [1.82, 2.24) is 19.6 Å². The van der Waals surface area contributed by atoms with Gasteiger partial charge in [-0.2, -0.15) is 15.1 Å². The first-order chi connectivity index (χ1) is 5.36. The van der Waals surface area contributed by atoms with Crippen LogP contribution in [0.15, 0.2) is 29.5 Å². The zero-order chi connectivity index (χ0) is 7.68. The predicted molar refractivity (Wildman–Crippen MR) is 37.1 cm³/mol. The van der Waals surface area contributed by atoms with Crippen molar-refractivity contribution in [2.45, 2.75) is 0 Å². The Morgan fingerprint density at radius 3 is 3.27 bits per heavy atom. The van der Waals surface area contributed by atoms with Crippen molar-refractivity contribution >= 4 is 5.65 Å². The van der Waals surface area contributed by atoms with Gasteiger partial charge in [-0.15, -0.1) is 0 Å². The summed E-state index contributed by atoms with van der Waals surface area (Å²) in [5, 5.41) is 3.88. The Labute approximate surface area is 61.3 Å². The summed E-state index contributed by atoms with van der Waals surface area (Å²) in [6.07, 6.45) is 2.94. The van der Waals surface area contributed by atoms with Crippen LogP contribution in [0.1, 0.15) is 0 Å². The second-order valence-electron chi connectivity index (χ2n) is 1.97. The van der Waals surface area contributed by atoms with Gasteiger partial charge in [0.25, 0.3) is 0 Å². The predicted octanol–water partition coefficient (Wildman–Crippen LogP) is -0.516. The number of hydrogen-bond acceptors (Lipinski definition) is 4. The number of rotatable bonds is 0. The number of fused-ring (bicyclic) bond motifs is 1. The van der Waals surface area contributed by atoms with E-state index in [1.54, 1.807) is 18.3 Å². The van der Waals surface area contributed by atoms with E-state index in [-0.39, 0.29) is 0 Å². The molecule has 54 valence electrons. The van der Waals surface area contributed by atoms with Gasteiger partial charge >= 0.3 is 5.69 Å². The lowest BCUT2D eigenvalue weighted by Crippen LogP contribution is -2.13. The molecule has 0 bridgehead atoms. The van der Waals surface area contributed by atoms with Crippen molar-refractivity contribution in [2.75, 3.05) is 0 Å². The van der Waals surface area contributed by atoms with Crippen molar-refractivity contribution in [1.29, 1.82) is 0 Å². The highest BCUT2D eigenvalue weighted by Crippen LogP contribution is 1.88. The first kappa shape index (κ1) is 5.96. The standard InChI is InChI=1S/C6H4N4O/c11-6-7-4-10-5(9-6)2-1-3-8-10/h1-4H. The zero-order valence-corrected chi connectivity index (χ0v) is 5.51. The minimum absolute atomic E-state index is 0.488. The van der Waals surface area contributed by atoms with Crippen molar-refractivity contribution in [3.05, 3.63) is 35.1 Å².